The van der Waals surface area contributed by atoms with Gasteiger partial charge in [-0.25, -0.2) is 0 Å². The predicted molar refractivity (Wildman–Crippen MR) is 110 cm³/mol. The number of carbonyl (C=O) groups excluding carboxylic acids is 1. The molecule has 3 N–H and O–H groups in total. The fraction of sp³-hybridized carbons (Fsp3) is 0.381. The molecule has 0 saturated carbocycles. The van der Waals surface area contributed by atoms with E-state index in [4.69, 9.17) is 4.74 Å². The van der Waals surface area contributed by atoms with Gasteiger partial charge in [0.1, 0.15) is 11.8 Å². The Kier molecular flexibility index (Phi) is 7.23. The number of anilines is 1. The number of carbonyl (C=O) groups is 1. The van der Waals surface area contributed by atoms with E-state index in [0.29, 0.717) is 12.5 Å². The van der Waals surface area contributed by atoms with Crippen LogP contribution in [0.5, 0.6) is 5.75 Å². The van der Waals surface area contributed by atoms with Crippen LogP contribution in [0, 0.1) is 6.92 Å². The van der Waals surface area contributed by atoms with E-state index in [-0.39, 0.29) is 11.9 Å². The summed E-state index contributed by atoms with van der Waals surface area (Å²) in [6.45, 7) is 8.77. The van der Waals surface area contributed by atoms with Gasteiger partial charge in [0.15, 0.2) is 6.54 Å². The van der Waals surface area contributed by atoms with Crippen LogP contribution >= 0.6 is 15.9 Å². The first-order chi connectivity index (χ1) is 12.3. The van der Waals surface area contributed by atoms with Gasteiger partial charge in [-0.3, -0.25) is 4.79 Å². The van der Waals surface area contributed by atoms with Gasteiger partial charge in [-0.15, -0.1) is 0 Å². The molecule has 4 nitrogen and oxygen atoms in total. The molecule has 0 unspecified atom stereocenters. The van der Waals surface area contributed by atoms with Gasteiger partial charge in [-0.1, -0.05) is 32.0 Å². The maximum absolute atomic E-state index is 12.5. The van der Waals surface area contributed by atoms with Crippen molar-refractivity contribution < 1.29 is 14.8 Å². The van der Waals surface area contributed by atoms with Gasteiger partial charge in [0.2, 0.25) is 0 Å². The lowest BCUT2D eigenvalue weighted by atomic mass is 9.98. The van der Waals surface area contributed by atoms with E-state index >= 15 is 0 Å². The summed E-state index contributed by atoms with van der Waals surface area (Å²) in [5.74, 6) is 1.19. The summed E-state index contributed by atoms with van der Waals surface area (Å²) in [6, 6.07) is 12.3. The molecule has 0 aromatic heterocycles. The third-order valence-electron chi connectivity index (χ3n) is 4.55. The van der Waals surface area contributed by atoms with Gasteiger partial charge in [-0.2, -0.15) is 0 Å². The first-order valence-electron chi connectivity index (χ1n) is 8.89. The number of benzene rings is 2. The average molecular weight is 420 g/mol. The zero-order valence-electron chi connectivity index (χ0n) is 16.1. The lowest BCUT2D eigenvalue weighted by molar-refractivity contribution is -0.682. The molecular weight excluding hydrogens is 392 g/mol. The van der Waals surface area contributed by atoms with Crippen LogP contribution in [0.15, 0.2) is 40.9 Å². The molecule has 1 amide bonds. The Hall–Kier alpha value is -1.85. The van der Waals surface area contributed by atoms with Crippen LogP contribution in [0.25, 0.3) is 0 Å². The molecule has 0 bridgehead atoms. The molecule has 26 heavy (non-hydrogen) atoms. The minimum Gasteiger partial charge on any atom is -0.496 e. The molecule has 0 aliphatic heterocycles. The molecule has 0 saturated heterocycles. The number of halogens is 1. The van der Waals surface area contributed by atoms with E-state index in [1.54, 1.807) is 7.11 Å². The van der Waals surface area contributed by atoms with Gasteiger partial charge in [0.05, 0.1) is 11.6 Å². The van der Waals surface area contributed by atoms with Crippen molar-refractivity contribution in [2.24, 2.45) is 0 Å². The summed E-state index contributed by atoms with van der Waals surface area (Å²) in [5, 5.41) is 5.14. The minimum absolute atomic E-state index is 0.0145. The van der Waals surface area contributed by atoms with Gasteiger partial charge < -0.3 is 15.4 Å². The van der Waals surface area contributed by atoms with Crippen molar-refractivity contribution in [2.45, 2.75) is 39.7 Å². The summed E-state index contributed by atoms with van der Waals surface area (Å²) in [7, 11) is 1.65. The summed E-state index contributed by atoms with van der Waals surface area (Å²) in [4.78, 5) is 12.5. The van der Waals surface area contributed by atoms with Crippen molar-refractivity contribution >= 4 is 27.5 Å². The maximum Gasteiger partial charge on any atom is 0.279 e. The Bertz CT molecular complexity index is 775. The highest BCUT2D eigenvalue weighted by Gasteiger charge is 2.16. The van der Waals surface area contributed by atoms with Crippen LogP contribution in [-0.2, 0) is 4.79 Å². The highest BCUT2D eigenvalue weighted by molar-refractivity contribution is 9.10. The van der Waals surface area contributed by atoms with Crippen molar-refractivity contribution in [3.8, 4) is 5.75 Å². The number of nitrogens with one attached hydrogen (secondary N) is 1. The predicted octanol–water partition coefficient (Wildman–Crippen LogP) is 4.15. The monoisotopic (exact) mass is 419 g/mol. The Morgan fingerprint density at radius 2 is 1.96 bits per heavy atom. The molecule has 2 rings (SSSR count). The summed E-state index contributed by atoms with van der Waals surface area (Å²) < 4.78 is 6.18. The molecule has 0 aliphatic rings. The largest absolute Gasteiger partial charge is 0.496 e. The number of para-hydroxylation sites is 1. The Labute approximate surface area is 164 Å². The van der Waals surface area contributed by atoms with Gasteiger partial charge in [0, 0.05) is 11.3 Å². The zero-order chi connectivity index (χ0) is 19.3. The first-order valence-corrected chi connectivity index (χ1v) is 9.69. The number of methoxy groups -OCH3 is 1. The van der Waals surface area contributed by atoms with Crippen LogP contribution in [0.1, 0.15) is 49.4 Å². The summed E-state index contributed by atoms with van der Waals surface area (Å²) in [6.07, 6.45) is 0. The van der Waals surface area contributed by atoms with Crippen molar-refractivity contribution in [3.05, 3.63) is 57.6 Å². The van der Waals surface area contributed by atoms with Crippen molar-refractivity contribution in [2.75, 3.05) is 19.0 Å². The smallest absolute Gasteiger partial charge is 0.279 e. The van der Waals surface area contributed by atoms with Crippen molar-refractivity contribution in [3.63, 3.8) is 0 Å². The molecule has 0 heterocycles. The molecule has 0 aliphatic carbocycles. The number of hydrogen-bond donors (Lipinski definition) is 2. The molecule has 1 atom stereocenters. The molecule has 2 aromatic rings. The lowest BCUT2D eigenvalue weighted by Gasteiger charge is -2.17. The first kappa shape index (κ1) is 20.5. The van der Waals surface area contributed by atoms with Gasteiger partial charge in [-0.05, 0) is 65.0 Å². The molecule has 0 fully saturated rings. The van der Waals surface area contributed by atoms with Crippen LogP contribution in [0.2, 0.25) is 0 Å². The quantitative estimate of drug-likeness (QED) is 0.707. The molecule has 2 aromatic carbocycles. The Morgan fingerprint density at radius 1 is 1.23 bits per heavy atom. The maximum atomic E-state index is 12.5. The molecule has 5 heteroatoms. The topological polar surface area (TPSA) is 54.9 Å². The second-order valence-corrected chi connectivity index (χ2v) is 7.72. The van der Waals surface area contributed by atoms with Crippen LogP contribution in [-0.4, -0.2) is 19.6 Å². The van der Waals surface area contributed by atoms with E-state index in [2.05, 4.69) is 48.1 Å². The minimum atomic E-state index is 0.0145. The van der Waals surface area contributed by atoms with E-state index in [1.807, 2.05) is 42.6 Å². The van der Waals surface area contributed by atoms with Gasteiger partial charge >= 0.3 is 0 Å². The normalized spacial score (nSPS) is 12.1. The Morgan fingerprint density at radius 3 is 2.58 bits per heavy atom. The standard InChI is InChI=1S/C21H27BrN2O2/c1-13(2)17-8-6-7-14(3)21(17)24-20(25)12-23-15(4)16-9-10-19(26-5)18(22)11-16/h6-11,13,15,23H,12H2,1-5H3,(H,24,25)/p+1/t15-/m1/s1. The fourth-order valence-corrected chi connectivity index (χ4v) is 3.48. The third kappa shape index (κ3) is 5.08. The number of nitrogens with two attached hydrogens (primary N) is 1. The van der Waals surface area contributed by atoms with Crippen molar-refractivity contribution in [1.29, 1.82) is 0 Å². The Balaban J connectivity index is 2.00. The fourth-order valence-electron chi connectivity index (χ4n) is 2.92. The van der Waals surface area contributed by atoms with Gasteiger partial charge in [0.25, 0.3) is 5.91 Å². The van der Waals surface area contributed by atoms with Crippen LogP contribution in [0.3, 0.4) is 0 Å². The second-order valence-electron chi connectivity index (χ2n) is 6.86. The average Bonchev–Trinajstić information content (AvgIpc) is 2.61. The number of hydrogen-bond acceptors (Lipinski definition) is 2. The van der Waals surface area contributed by atoms with Crippen molar-refractivity contribution in [1.82, 2.24) is 0 Å². The van der Waals surface area contributed by atoms with Crippen LogP contribution in [0.4, 0.5) is 5.69 Å². The zero-order valence-corrected chi connectivity index (χ0v) is 17.7. The number of aryl methyl sites for hydroxylation is 1. The highest BCUT2D eigenvalue weighted by atomic mass is 79.9. The van der Waals surface area contributed by atoms with E-state index in [0.717, 1.165) is 27.0 Å². The third-order valence-corrected chi connectivity index (χ3v) is 5.17. The molecule has 0 radical (unpaired) electrons. The summed E-state index contributed by atoms with van der Waals surface area (Å²) >= 11 is 3.51. The second kappa shape index (κ2) is 9.19. The van der Waals surface area contributed by atoms with E-state index < -0.39 is 0 Å². The number of quaternary nitrogens is 1. The lowest BCUT2D eigenvalue weighted by Crippen LogP contribution is -2.86. The van der Waals surface area contributed by atoms with E-state index in [9.17, 15) is 4.79 Å². The summed E-state index contributed by atoms with van der Waals surface area (Å²) in [5.41, 5.74) is 4.35. The molecule has 0 spiro atoms. The van der Waals surface area contributed by atoms with Crippen LogP contribution < -0.4 is 15.4 Å². The molecule has 140 valence electrons. The number of rotatable bonds is 7. The number of amides is 1. The van der Waals surface area contributed by atoms with E-state index in [1.165, 1.54) is 5.56 Å². The SMILES string of the molecule is COc1ccc([C@@H](C)[NH2+]CC(=O)Nc2c(C)cccc2C(C)C)cc1Br. The molecular formula is C21H28BrN2O2+. The number of ether oxygens (including phenoxy) is 1. The highest BCUT2D eigenvalue weighted by Crippen LogP contribution is 2.28.